The maximum Gasteiger partial charge on any atom is 0.0644 e. The molecule has 2 rings (SSSR count). The molecule has 1 fully saturated rings. The second kappa shape index (κ2) is 6.86. The minimum absolute atomic E-state index is 0.300. The molecule has 0 saturated carbocycles. The van der Waals surface area contributed by atoms with Gasteiger partial charge in [0.05, 0.1) is 11.7 Å². The van der Waals surface area contributed by atoms with E-state index in [9.17, 15) is 0 Å². The van der Waals surface area contributed by atoms with Gasteiger partial charge in [-0.25, -0.2) is 0 Å². The van der Waals surface area contributed by atoms with Crippen molar-refractivity contribution in [3.63, 3.8) is 0 Å². The third-order valence-electron chi connectivity index (χ3n) is 4.04. The summed E-state index contributed by atoms with van der Waals surface area (Å²) in [5, 5.41) is 0. The summed E-state index contributed by atoms with van der Waals surface area (Å²) in [5.74, 6) is 0.924. The molecule has 1 aliphatic rings. The second-order valence-corrected chi connectivity index (χ2v) is 5.27. The van der Waals surface area contributed by atoms with Gasteiger partial charge in [0.25, 0.3) is 0 Å². The number of likely N-dealkylation sites (tertiary alicyclic amines) is 1. The van der Waals surface area contributed by atoms with Gasteiger partial charge in [-0.1, -0.05) is 25.8 Å². The van der Waals surface area contributed by atoms with Crippen molar-refractivity contribution in [1.82, 2.24) is 9.88 Å². The average Bonchev–Trinajstić information content (AvgIpc) is 2.43. The van der Waals surface area contributed by atoms with Crippen LogP contribution in [0.1, 0.15) is 44.3 Å². The fourth-order valence-corrected chi connectivity index (χ4v) is 2.99. The molecule has 100 valence electrons. The van der Waals surface area contributed by atoms with E-state index in [1.807, 2.05) is 12.3 Å². The molecule has 3 nitrogen and oxygen atoms in total. The van der Waals surface area contributed by atoms with Crippen LogP contribution in [0.15, 0.2) is 24.4 Å². The maximum absolute atomic E-state index is 5.95. The number of rotatable bonds is 5. The Morgan fingerprint density at radius 3 is 2.72 bits per heavy atom. The van der Waals surface area contributed by atoms with E-state index in [0.717, 1.165) is 11.6 Å². The lowest BCUT2D eigenvalue weighted by molar-refractivity contribution is 0.129. The van der Waals surface area contributed by atoms with Gasteiger partial charge in [0.15, 0.2) is 0 Å². The zero-order chi connectivity index (χ0) is 12.8. The lowest BCUT2D eigenvalue weighted by Gasteiger charge is -2.36. The van der Waals surface area contributed by atoms with Crippen molar-refractivity contribution in [2.45, 2.75) is 38.6 Å². The van der Waals surface area contributed by atoms with Gasteiger partial charge >= 0.3 is 0 Å². The molecule has 3 heteroatoms. The predicted octanol–water partition coefficient (Wildman–Crippen LogP) is 2.59. The Balaban J connectivity index is 1.95. The van der Waals surface area contributed by atoms with Crippen molar-refractivity contribution in [2.24, 2.45) is 11.7 Å². The molecule has 0 spiro atoms. The summed E-state index contributed by atoms with van der Waals surface area (Å²) in [6, 6.07) is 6.41. The Morgan fingerprint density at radius 2 is 2.17 bits per heavy atom. The van der Waals surface area contributed by atoms with Crippen molar-refractivity contribution >= 4 is 0 Å². The Labute approximate surface area is 110 Å². The second-order valence-electron chi connectivity index (χ2n) is 5.27. The molecule has 2 N–H and O–H groups in total. The van der Waals surface area contributed by atoms with Crippen LogP contribution in [0.5, 0.6) is 0 Å². The van der Waals surface area contributed by atoms with Crippen molar-refractivity contribution in [2.75, 3.05) is 19.6 Å². The van der Waals surface area contributed by atoms with E-state index in [-0.39, 0.29) is 0 Å². The highest BCUT2D eigenvalue weighted by Crippen LogP contribution is 2.27. The first kappa shape index (κ1) is 13.5. The van der Waals surface area contributed by atoms with Crippen LogP contribution < -0.4 is 5.73 Å². The van der Waals surface area contributed by atoms with E-state index in [4.69, 9.17) is 5.73 Å². The Kier molecular flexibility index (Phi) is 5.14. The number of hydrogen-bond donors (Lipinski definition) is 1. The van der Waals surface area contributed by atoms with Crippen molar-refractivity contribution < 1.29 is 0 Å². The molecule has 18 heavy (non-hydrogen) atoms. The molecule has 1 unspecified atom stereocenters. The number of aromatic nitrogens is 1. The SMILES string of the molecule is CCCC1CCN(C(CN)c2ccccn2)CC1. The van der Waals surface area contributed by atoms with Crippen LogP contribution >= 0.6 is 0 Å². The zero-order valence-corrected chi connectivity index (χ0v) is 11.4. The summed E-state index contributed by atoms with van der Waals surface area (Å²) >= 11 is 0. The van der Waals surface area contributed by atoms with Crippen molar-refractivity contribution in [1.29, 1.82) is 0 Å². The minimum Gasteiger partial charge on any atom is -0.329 e. The Morgan fingerprint density at radius 1 is 1.39 bits per heavy atom. The van der Waals surface area contributed by atoms with Gasteiger partial charge in [-0.3, -0.25) is 9.88 Å². The number of nitrogens with zero attached hydrogens (tertiary/aromatic N) is 2. The highest BCUT2D eigenvalue weighted by Gasteiger charge is 2.25. The molecule has 0 amide bonds. The van der Waals surface area contributed by atoms with Gasteiger partial charge in [-0.15, -0.1) is 0 Å². The monoisotopic (exact) mass is 247 g/mol. The van der Waals surface area contributed by atoms with E-state index >= 15 is 0 Å². The van der Waals surface area contributed by atoms with Crippen LogP contribution in [-0.4, -0.2) is 29.5 Å². The predicted molar refractivity (Wildman–Crippen MR) is 75.2 cm³/mol. The molecule has 1 aromatic rings. The molecule has 1 aliphatic heterocycles. The summed E-state index contributed by atoms with van der Waals surface area (Å²) in [6.45, 7) is 5.28. The van der Waals surface area contributed by atoms with Gasteiger partial charge in [-0.2, -0.15) is 0 Å². The molecule has 0 bridgehead atoms. The zero-order valence-electron chi connectivity index (χ0n) is 11.4. The first-order chi connectivity index (χ1) is 8.85. The van der Waals surface area contributed by atoms with Gasteiger partial charge < -0.3 is 5.73 Å². The molecule has 1 saturated heterocycles. The van der Waals surface area contributed by atoms with Crippen LogP contribution in [0, 0.1) is 5.92 Å². The van der Waals surface area contributed by atoms with Crippen molar-refractivity contribution in [3.8, 4) is 0 Å². The van der Waals surface area contributed by atoms with E-state index in [1.165, 1.54) is 38.8 Å². The van der Waals surface area contributed by atoms with Crippen LogP contribution in [0.2, 0.25) is 0 Å². The lowest BCUT2D eigenvalue weighted by atomic mass is 9.91. The van der Waals surface area contributed by atoms with E-state index in [2.05, 4.69) is 28.9 Å². The number of pyridine rings is 1. The first-order valence-electron chi connectivity index (χ1n) is 7.20. The minimum atomic E-state index is 0.300. The lowest BCUT2D eigenvalue weighted by Crippen LogP contribution is -2.40. The average molecular weight is 247 g/mol. The van der Waals surface area contributed by atoms with Crippen LogP contribution in [0.25, 0.3) is 0 Å². The summed E-state index contributed by atoms with van der Waals surface area (Å²) in [4.78, 5) is 6.97. The topological polar surface area (TPSA) is 42.1 Å². The Bertz CT molecular complexity index is 331. The molecular formula is C15H25N3. The summed E-state index contributed by atoms with van der Waals surface area (Å²) in [6.07, 6.45) is 7.19. The highest BCUT2D eigenvalue weighted by molar-refractivity contribution is 5.09. The molecular weight excluding hydrogens is 222 g/mol. The smallest absolute Gasteiger partial charge is 0.0644 e. The third-order valence-corrected chi connectivity index (χ3v) is 4.04. The van der Waals surface area contributed by atoms with E-state index in [0.29, 0.717) is 12.6 Å². The fraction of sp³-hybridized carbons (Fsp3) is 0.667. The largest absolute Gasteiger partial charge is 0.329 e. The summed E-state index contributed by atoms with van der Waals surface area (Å²) in [5.41, 5.74) is 7.07. The Hall–Kier alpha value is -0.930. The van der Waals surface area contributed by atoms with Gasteiger partial charge in [-0.05, 0) is 44.0 Å². The maximum atomic E-state index is 5.95. The molecule has 1 aromatic heterocycles. The van der Waals surface area contributed by atoms with E-state index < -0.39 is 0 Å². The molecule has 0 aromatic carbocycles. The van der Waals surface area contributed by atoms with Gasteiger partial charge in [0, 0.05) is 12.7 Å². The first-order valence-corrected chi connectivity index (χ1v) is 7.20. The van der Waals surface area contributed by atoms with Gasteiger partial charge in [0.2, 0.25) is 0 Å². The standard InChI is InChI=1S/C15H25N3/c1-2-5-13-7-10-18(11-8-13)15(12-16)14-6-3-4-9-17-14/h3-4,6,9,13,15H,2,5,7-8,10-12,16H2,1H3. The molecule has 0 aliphatic carbocycles. The van der Waals surface area contributed by atoms with Crippen molar-refractivity contribution in [3.05, 3.63) is 30.1 Å². The van der Waals surface area contributed by atoms with Gasteiger partial charge in [0.1, 0.15) is 0 Å². The summed E-state index contributed by atoms with van der Waals surface area (Å²) < 4.78 is 0. The highest BCUT2D eigenvalue weighted by atomic mass is 15.2. The quantitative estimate of drug-likeness (QED) is 0.869. The van der Waals surface area contributed by atoms with Crippen LogP contribution in [0.4, 0.5) is 0 Å². The van der Waals surface area contributed by atoms with E-state index in [1.54, 1.807) is 0 Å². The van der Waals surface area contributed by atoms with Crippen LogP contribution in [0.3, 0.4) is 0 Å². The number of piperidine rings is 1. The molecule has 1 atom stereocenters. The fourth-order valence-electron chi connectivity index (χ4n) is 2.99. The number of nitrogens with two attached hydrogens (primary N) is 1. The molecule has 2 heterocycles. The number of hydrogen-bond acceptors (Lipinski definition) is 3. The summed E-state index contributed by atoms with van der Waals surface area (Å²) in [7, 11) is 0. The van der Waals surface area contributed by atoms with Crippen LogP contribution in [-0.2, 0) is 0 Å². The normalized spacial score (nSPS) is 19.9. The molecule has 0 radical (unpaired) electrons. The third kappa shape index (κ3) is 3.30.